The first-order chi connectivity index (χ1) is 2.91. The van der Waals surface area contributed by atoms with Crippen LogP contribution in [0.2, 0.25) is 0 Å². The van der Waals surface area contributed by atoms with Crippen LogP contribution in [0.4, 0.5) is 0 Å². The van der Waals surface area contributed by atoms with E-state index < -0.39 is 0 Å². The van der Waals surface area contributed by atoms with Crippen molar-refractivity contribution in [3.63, 3.8) is 0 Å². The van der Waals surface area contributed by atoms with Crippen molar-refractivity contribution in [1.29, 1.82) is 0 Å². The average Bonchev–Trinajstić information content (AvgIpc) is 1.61. The third-order valence-corrected chi connectivity index (χ3v) is 0.492. The molecular formula is C4H10LuO2. The van der Waals surface area contributed by atoms with Gasteiger partial charge in [-0.05, 0) is 0 Å². The molecular weight excluding hydrogens is 255 g/mol. The van der Waals surface area contributed by atoms with E-state index in [2.05, 4.69) is 9.47 Å². The number of hydrogen-bond acceptors (Lipinski definition) is 2. The van der Waals surface area contributed by atoms with E-state index in [4.69, 9.17) is 0 Å². The van der Waals surface area contributed by atoms with E-state index in [9.17, 15) is 0 Å². The number of rotatable bonds is 3. The van der Waals surface area contributed by atoms with Crippen LogP contribution in [0.1, 0.15) is 0 Å². The molecule has 53 valence electrons. The van der Waals surface area contributed by atoms with Gasteiger partial charge in [0.15, 0.2) is 0 Å². The van der Waals surface area contributed by atoms with Crippen LogP contribution in [-0.4, -0.2) is 27.4 Å². The molecule has 0 saturated heterocycles. The zero-order chi connectivity index (χ0) is 4.83. The van der Waals surface area contributed by atoms with Crippen molar-refractivity contribution in [1.82, 2.24) is 0 Å². The molecule has 2 nitrogen and oxygen atoms in total. The maximum atomic E-state index is 4.66. The number of hydrogen-bond donors (Lipinski definition) is 0. The van der Waals surface area contributed by atoms with Crippen molar-refractivity contribution in [2.24, 2.45) is 0 Å². The monoisotopic (exact) mass is 265 g/mol. The van der Waals surface area contributed by atoms with Gasteiger partial charge in [-0.25, -0.2) is 0 Å². The van der Waals surface area contributed by atoms with Crippen LogP contribution < -0.4 is 0 Å². The predicted molar refractivity (Wildman–Crippen MR) is 23.8 cm³/mol. The molecule has 0 saturated carbocycles. The molecule has 0 aromatic heterocycles. The predicted octanol–water partition coefficient (Wildman–Crippen LogP) is 0.279. The van der Waals surface area contributed by atoms with Gasteiger partial charge in [0.25, 0.3) is 0 Å². The number of methoxy groups -OCH3 is 2. The molecule has 0 heterocycles. The van der Waals surface area contributed by atoms with E-state index in [1.165, 1.54) is 0 Å². The van der Waals surface area contributed by atoms with E-state index in [0.29, 0.717) is 13.2 Å². The normalized spacial score (nSPS) is 7.71. The summed E-state index contributed by atoms with van der Waals surface area (Å²) in [6.45, 7) is 1.38. The fraction of sp³-hybridized carbons (Fsp3) is 1.00. The first kappa shape index (κ1) is 11.0. The standard InChI is InChI=1S/C4H10O2.Lu/c1-5-3-4-6-2;/h3-4H2,1-2H3;. The van der Waals surface area contributed by atoms with Crippen molar-refractivity contribution >= 4 is 0 Å². The van der Waals surface area contributed by atoms with E-state index in [1.807, 2.05) is 0 Å². The van der Waals surface area contributed by atoms with Crippen molar-refractivity contribution in [3.8, 4) is 0 Å². The molecule has 0 aliphatic carbocycles. The van der Waals surface area contributed by atoms with Crippen molar-refractivity contribution < 1.29 is 46.3 Å². The summed E-state index contributed by atoms with van der Waals surface area (Å²) in [5.74, 6) is 0. The molecule has 0 rings (SSSR count). The molecule has 0 spiro atoms. The summed E-state index contributed by atoms with van der Waals surface area (Å²) in [5.41, 5.74) is 0. The summed E-state index contributed by atoms with van der Waals surface area (Å²) in [4.78, 5) is 0. The topological polar surface area (TPSA) is 18.5 Å². The van der Waals surface area contributed by atoms with E-state index >= 15 is 0 Å². The van der Waals surface area contributed by atoms with Gasteiger partial charge in [-0.3, -0.25) is 0 Å². The third kappa shape index (κ3) is 11.0. The van der Waals surface area contributed by atoms with Crippen LogP contribution in [0.15, 0.2) is 0 Å². The molecule has 0 fully saturated rings. The Labute approximate surface area is 73.4 Å². The fourth-order valence-corrected chi connectivity index (χ4v) is 0.167. The Bertz CT molecular complexity index is 21.7. The minimum Gasteiger partial charge on any atom is -0.382 e. The smallest absolute Gasteiger partial charge is 0.0696 e. The molecule has 0 aliphatic heterocycles. The largest absolute Gasteiger partial charge is 0.382 e. The maximum absolute atomic E-state index is 4.66. The zero-order valence-electron chi connectivity index (χ0n) is 4.49. The first-order valence-electron chi connectivity index (χ1n) is 1.89. The van der Waals surface area contributed by atoms with E-state index in [-0.39, 0.29) is 36.9 Å². The van der Waals surface area contributed by atoms with Gasteiger partial charge in [0.1, 0.15) is 0 Å². The molecule has 3 heteroatoms. The van der Waals surface area contributed by atoms with Gasteiger partial charge in [-0.15, -0.1) is 0 Å². The Morgan fingerprint density at radius 2 is 1.29 bits per heavy atom. The number of ether oxygens (including phenoxy) is 2. The third-order valence-electron chi connectivity index (χ3n) is 0.492. The second-order valence-corrected chi connectivity index (χ2v) is 0.986. The average molecular weight is 265 g/mol. The van der Waals surface area contributed by atoms with Gasteiger partial charge in [-0.2, -0.15) is 0 Å². The van der Waals surface area contributed by atoms with Crippen molar-refractivity contribution in [2.75, 3.05) is 27.4 Å². The second kappa shape index (κ2) is 10.2. The van der Waals surface area contributed by atoms with Crippen LogP contribution in [0, 0.1) is 36.9 Å². The Morgan fingerprint density at radius 1 is 1.00 bits per heavy atom. The molecule has 0 aromatic carbocycles. The van der Waals surface area contributed by atoms with Crippen LogP contribution in [-0.2, 0) is 9.47 Å². The van der Waals surface area contributed by atoms with Crippen LogP contribution in [0.3, 0.4) is 0 Å². The molecule has 0 bridgehead atoms. The summed E-state index contributed by atoms with van der Waals surface area (Å²) in [5, 5.41) is 0. The summed E-state index contributed by atoms with van der Waals surface area (Å²) >= 11 is 0. The SMILES string of the molecule is COCCOC.[Lu]. The summed E-state index contributed by atoms with van der Waals surface area (Å²) in [7, 11) is 3.30. The van der Waals surface area contributed by atoms with E-state index in [1.54, 1.807) is 14.2 Å². The van der Waals surface area contributed by atoms with Crippen LogP contribution >= 0.6 is 0 Å². The van der Waals surface area contributed by atoms with Crippen LogP contribution in [0.5, 0.6) is 0 Å². The quantitative estimate of drug-likeness (QED) is 0.682. The molecule has 0 aliphatic rings. The van der Waals surface area contributed by atoms with Crippen molar-refractivity contribution in [3.05, 3.63) is 0 Å². The Morgan fingerprint density at radius 3 is 1.43 bits per heavy atom. The first-order valence-corrected chi connectivity index (χ1v) is 1.89. The van der Waals surface area contributed by atoms with Gasteiger partial charge in [0, 0.05) is 51.1 Å². The Hall–Kier alpha value is 1.15. The van der Waals surface area contributed by atoms with Gasteiger partial charge < -0.3 is 9.47 Å². The fourth-order valence-electron chi connectivity index (χ4n) is 0.167. The van der Waals surface area contributed by atoms with Crippen LogP contribution in [0.25, 0.3) is 0 Å². The molecule has 0 atom stereocenters. The Balaban J connectivity index is 0. The molecule has 0 N–H and O–H groups in total. The summed E-state index contributed by atoms with van der Waals surface area (Å²) in [6, 6.07) is 0. The minimum absolute atomic E-state index is 0. The molecule has 1 radical (unpaired) electrons. The summed E-state index contributed by atoms with van der Waals surface area (Å²) < 4.78 is 9.31. The van der Waals surface area contributed by atoms with Gasteiger partial charge in [0.2, 0.25) is 0 Å². The van der Waals surface area contributed by atoms with Crippen molar-refractivity contribution in [2.45, 2.75) is 0 Å². The van der Waals surface area contributed by atoms with Gasteiger partial charge in [-0.1, -0.05) is 0 Å². The second-order valence-electron chi connectivity index (χ2n) is 0.986. The molecule has 0 amide bonds. The van der Waals surface area contributed by atoms with Gasteiger partial charge in [0.05, 0.1) is 13.2 Å². The molecule has 7 heavy (non-hydrogen) atoms. The summed E-state index contributed by atoms with van der Waals surface area (Å²) in [6.07, 6.45) is 0. The zero-order valence-corrected chi connectivity index (χ0v) is 6.15. The molecule has 0 aromatic rings. The molecule has 0 unspecified atom stereocenters. The van der Waals surface area contributed by atoms with Gasteiger partial charge >= 0.3 is 0 Å². The minimum atomic E-state index is 0. The maximum Gasteiger partial charge on any atom is 0.0696 e. The Kier molecular flexibility index (Phi) is 16.1. The van der Waals surface area contributed by atoms with E-state index in [0.717, 1.165) is 0 Å².